The van der Waals surface area contributed by atoms with Crippen molar-refractivity contribution < 1.29 is 9.13 Å². The van der Waals surface area contributed by atoms with Crippen LogP contribution in [0.2, 0.25) is 0 Å². The maximum atomic E-state index is 13.4. The topological polar surface area (TPSA) is 68.4 Å². The third-order valence-corrected chi connectivity index (χ3v) is 4.76. The Morgan fingerprint density at radius 1 is 1.14 bits per heavy atom. The van der Waals surface area contributed by atoms with Gasteiger partial charge in [-0.25, -0.2) is 19.3 Å². The van der Waals surface area contributed by atoms with E-state index in [4.69, 9.17) is 9.72 Å². The fraction of sp³-hybridized carbons (Fsp3) is 0.238. The summed E-state index contributed by atoms with van der Waals surface area (Å²) in [6.45, 7) is 8.30. The SMILES string of the molecule is C=N/C=C\c1nc(-c2cnc(N3CCOCC3)nc2)n(-c2ccc(F)cc2)c1C. The first-order chi connectivity index (χ1) is 14.2. The lowest BCUT2D eigenvalue weighted by Gasteiger charge is -2.26. The van der Waals surface area contributed by atoms with Crippen LogP contribution in [0, 0.1) is 12.7 Å². The summed E-state index contributed by atoms with van der Waals surface area (Å²) in [5.41, 5.74) is 3.20. The Hall–Kier alpha value is -3.39. The molecule has 3 aromatic rings. The van der Waals surface area contributed by atoms with Gasteiger partial charge in [0.25, 0.3) is 0 Å². The molecule has 1 fully saturated rings. The standard InChI is InChI=1S/C21H21FN6O/c1-15-19(7-8-23-2)26-20(28(15)18-5-3-17(22)4-6-18)16-13-24-21(25-14-16)27-9-11-29-12-10-27/h3-8,13-14H,2,9-12H2,1H3/b8-7-. The summed E-state index contributed by atoms with van der Waals surface area (Å²) in [7, 11) is 0. The smallest absolute Gasteiger partial charge is 0.225 e. The van der Waals surface area contributed by atoms with Crippen molar-refractivity contribution in [1.29, 1.82) is 0 Å². The number of nitrogens with zero attached hydrogens (tertiary/aromatic N) is 6. The van der Waals surface area contributed by atoms with Crippen molar-refractivity contribution in [3.05, 3.63) is 60.1 Å². The van der Waals surface area contributed by atoms with Crippen LogP contribution >= 0.6 is 0 Å². The molecule has 0 spiro atoms. The van der Waals surface area contributed by atoms with Gasteiger partial charge >= 0.3 is 0 Å². The number of halogens is 1. The van der Waals surface area contributed by atoms with Crippen LogP contribution in [0.4, 0.5) is 10.3 Å². The molecule has 0 N–H and O–H groups in total. The van der Waals surface area contributed by atoms with E-state index in [1.165, 1.54) is 12.1 Å². The molecule has 7 nitrogen and oxygen atoms in total. The summed E-state index contributed by atoms with van der Waals surface area (Å²) in [4.78, 5) is 19.6. The van der Waals surface area contributed by atoms with Crippen LogP contribution in [0.3, 0.4) is 0 Å². The number of anilines is 1. The molecule has 1 aliphatic heterocycles. The van der Waals surface area contributed by atoms with E-state index >= 15 is 0 Å². The number of hydrogen-bond acceptors (Lipinski definition) is 6. The van der Waals surface area contributed by atoms with Gasteiger partial charge in [0, 0.05) is 43.1 Å². The van der Waals surface area contributed by atoms with Crippen LogP contribution in [0.25, 0.3) is 23.2 Å². The van der Waals surface area contributed by atoms with Crippen LogP contribution < -0.4 is 4.90 Å². The molecule has 148 valence electrons. The minimum atomic E-state index is -0.290. The highest BCUT2D eigenvalue weighted by Gasteiger charge is 2.18. The average Bonchev–Trinajstić information content (AvgIpc) is 3.10. The normalized spacial score (nSPS) is 14.5. The largest absolute Gasteiger partial charge is 0.378 e. The van der Waals surface area contributed by atoms with Gasteiger partial charge in [-0.05, 0) is 44.0 Å². The summed E-state index contributed by atoms with van der Waals surface area (Å²) < 4.78 is 20.8. The van der Waals surface area contributed by atoms with E-state index < -0.39 is 0 Å². The Balaban J connectivity index is 1.76. The minimum absolute atomic E-state index is 0.290. The predicted molar refractivity (Wildman–Crippen MR) is 111 cm³/mol. The molecule has 0 amide bonds. The zero-order chi connectivity index (χ0) is 20.2. The van der Waals surface area contributed by atoms with Crippen LogP contribution in [0.1, 0.15) is 11.4 Å². The quantitative estimate of drug-likeness (QED) is 0.624. The monoisotopic (exact) mass is 392 g/mol. The van der Waals surface area contributed by atoms with Gasteiger partial charge in [-0.15, -0.1) is 0 Å². The molecule has 0 atom stereocenters. The number of hydrogen-bond donors (Lipinski definition) is 0. The van der Waals surface area contributed by atoms with Gasteiger partial charge in [0.15, 0.2) is 0 Å². The summed E-state index contributed by atoms with van der Waals surface area (Å²) in [6.07, 6.45) is 6.90. The van der Waals surface area contributed by atoms with Gasteiger partial charge in [0.1, 0.15) is 11.6 Å². The highest BCUT2D eigenvalue weighted by molar-refractivity contribution is 5.63. The second kappa shape index (κ2) is 8.32. The van der Waals surface area contributed by atoms with E-state index in [1.807, 2.05) is 11.5 Å². The first-order valence-corrected chi connectivity index (χ1v) is 9.30. The molecule has 1 saturated heterocycles. The lowest BCUT2D eigenvalue weighted by Crippen LogP contribution is -2.37. The van der Waals surface area contributed by atoms with Crippen LogP contribution in [-0.4, -0.2) is 52.5 Å². The molecule has 0 saturated carbocycles. The highest BCUT2D eigenvalue weighted by Crippen LogP contribution is 2.27. The Labute approximate surface area is 168 Å². The van der Waals surface area contributed by atoms with Gasteiger partial charge in [0.2, 0.25) is 5.95 Å². The lowest BCUT2D eigenvalue weighted by atomic mass is 10.2. The Morgan fingerprint density at radius 3 is 2.48 bits per heavy atom. The molecule has 4 rings (SSSR count). The predicted octanol–water partition coefficient (Wildman–Crippen LogP) is 3.28. The first kappa shape index (κ1) is 18.9. The van der Waals surface area contributed by atoms with E-state index in [2.05, 4.69) is 26.6 Å². The second-order valence-corrected chi connectivity index (χ2v) is 6.59. The number of ether oxygens (including phenoxy) is 1. The van der Waals surface area contributed by atoms with E-state index in [9.17, 15) is 4.39 Å². The van der Waals surface area contributed by atoms with E-state index in [0.29, 0.717) is 25.0 Å². The molecular weight excluding hydrogens is 371 g/mol. The fourth-order valence-electron chi connectivity index (χ4n) is 3.26. The molecule has 2 aromatic heterocycles. The zero-order valence-electron chi connectivity index (χ0n) is 16.1. The third-order valence-electron chi connectivity index (χ3n) is 4.76. The van der Waals surface area contributed by atoms with Gasteiger partial charge in [-0.3, -0.25) is 9.56 Å². The molecule has 0 radical (unpaired) electrons. The molecular formula is C21H21FN6O. The number of morpholine rings is 1. The number of aliphatic imine (C=N–C) groups is 1. The molecule has 1 aliphatic rings. The number of benzene rings is 1. The highest BCUT2D eigenvalue weighted by atomic mass is 19.1. The van der Waals surface area contributed by atoms with Crippen molar-refractivity contribution in [2.45, 2.75) is 6.92 Å². The van der Waals surface area contributed by atoms with Gasteiger partial charge < -0.3 is 9.64 Å². The van der Waals surface area contributed by atoms with Crippen molar-refractivity contribution >= 4 is 18.7 Å². The van der Waals surface area contributed by atoms with Gasteiger partial charge in [0.05, 0.1) is 24.5 Å². The Kier molecular flexibility index (Phi) is 5.44. The van der Waals surface area contributed by atoms with E-state index in [1.54, 1.807) is 36.8 Å². The number of imidazole rings is 1. The van der Waals surface area contributed by atoms with Crippen LogP contribution in [0.5, 0.6) is 0 Å². The number of rotatable bonds is 5. The molecule has 8 heteroatoms. The summed E-state index contributed by atoms with van der Waals surface area (Å²) in [6, 6.07) is 6.29. The average molecular weight is 392 g/mol. The van der Waals surface area contributed by atoms with Gasteiger partial charge in [-0.1, -0.05) is 0 Å². The van der Waals surface area contributed by atoms with Crippen molar-refractivity contribution in [3.8, 4) is 17.1 Å². The lowest BCUT2D eigenvalue weighted by molar-refractivity contribution is 0.122. The molecule has 0 unspecified atom stereocenters. The molecule has 29 heavy (non-hydrogen) atoms. The van der Waals surface area contributed by atoms with Crippen molar-refractivity contribution in [3.63, 3.8) is 0 Å². The maximum Gasteiger partial charge on any atom is 0.225 e. The fourth-order valence-corrected chi connectivity index (χ4v) is 3.26. The molecule has 3 heterocycles. The van der Waals surface area contributed by atoms with Crippen molar-refractivity contribution in [2.75, 3.05) is 31.2 Å². The summed E-state index contributed by atoms with van der Waals surface area (Å²) >= 11 is 0. The van der Waals surface area contributed by atoms with E-state index in [0.717, 1.165) is 35.7 Å². The number of aromatic nitrogens is 4. The molecule has 0 bridgehead atoms. The maximum absolute atomic E-state index is 13.4. The Morgan fingerprint density at radius 2 is 1.83 bits per heavy atom. The minimum Gasteiger partial charge on any atom is -0.378 e. The van der Waals surface area contributed by atoms with Crippen LogP contribution in [-0.2, 0) is 4.74 Å². The van der Waals surface area contributed by atoms with Crippen LogP contribution in [0.15, 0.2) is 47.9 Å². The molecule has 0 aliphatic carbocycles. The Bertz CT molecular complexity index is 1020. The zero-order valence-corrected chi connectivity index (χ0v) is 16.1. The van der Waals surface area contributed by atoms with Crippen molar-refractivity contribution in [2.24, 2.45) is 4.99 Å². The summed E-state index contributed by atoms with van der Waals surface area (Å²) in [5, 5.41) is 0. The molecule has 1 aromatic carbocycles. The second-order valence-electron chi connectivity index (χ2n) is 6.59. The third kappa shape index (κ3) is 3.93. The first-order valence-electron chi connectivity index (χ1n) is 9.30. The van der Waals surface area contributed by atoms with Crippen molar-refractivity contribution in [1.82, 2.24) is 19.5 Å². The summed E-state index contributed by atoms with van der Waals surface area (Å²) in [5.74, 6) is 1.05. The van der Waals surface area contributed by atoms with E-state index in [-0.39, 0.29) is 5.82 Å². The van der Waals surface area contributed by atoms with Gasteiger partial charge in [-0.2, -0.15) is 0 Å².